The predicted octanol–water partition coefficient (Wildman–Crippen LogP) is 4.66. The van der Waals surface area contributed by atoms with Gasteiger partial charge in [-0.2, -0.15) is 0 Å². The van der Waals surface area contributed by atoms with Crippen LogP contribution in [0.2, 0.25) is 0 Å². The molecule has 6 nitrogen and oxygen atoms in total. The number of hydrogen-bond donors (Lipinski definition) is 1. The van der Waals surface area contributed by atoms with Crippen LogP contribution in [0.1, 0.15) is 11.8 Å². The molecule has 3 aromatic rings. The number of ether oxygens (including phenoxy) is 3. The fraction of sp³-hybridized carbons (Fsp3) is 0.182. The average Bonchev–Trinajstić information content (AvgIpc) is 3.23. The molecule has 7 heteroatoms. The third-order valence-corrected chi connectivity index (χ3v) is 4.65. The summed E-state index contributed by atoms with van der Waals surface area (Å²) in [7, 11) is 0. The van der Waals surface area contributed by atoms with Crippen molar-refractivity contribution in [2.45, 2.75) is 13.3 Å². The van der Waals surface area contributed by atoms with E-state index in [9.17, 15) is 9.59 Å². The van der Waals surface area contributed by atoms with Gasteiger partial charge in [0.25, 0.3) is 5.91 Å². The number of hydrogen-bond acceptors (Lipinski definition) is 6. The summed E-state index contributed by atoms with van der Waals surface area (Å²) in [6, 6.07) is 18.0. The molecular weight excluding hydrogens is 390 g/mol. The molecule has 0 fully saturated rings. The van der Waals surface area contributed by atoms with E-state index in [1.165, 1.54) is 11.3 Å². The lowest BCUT2D eigenvalue weighted by Gasteiger charge is -2.09. The summed E-state index contributed by atoms with van der Waals surface area (Å²) in [6.45, 7) is 2.22. The third-order valence-electron chi connectivity index (χ3n) is 3.77. The second-order valence-corrected chi connectivity index (χ2v) is 7.03. The van der Waals surface area contributed by atoms with E-state index in [0.29, 0.717) is 23.8 Å². The lowest BCUT2D eigenvalue weighted by atomic mass is 10.3. The molecule has 0 aliphatic carbocycles. The highest BCUT2D eigenvalue weighted by atomic mass is 32.1. The zero-order chi connectivity index (χ0) is 20.5. The lowest BCUT2D eigenvalue weighted by Crippen LogP contribution is -2.21. The van der Waals surface area contributed by atoms with E-state index in [4.69, 9.17) is 14.2 Å². The molecule has 1 aromatic heterocycles. The van der Waals surface area contributed by atoms with E-state index < -0.39 is 11.9 Å². The number of benzene rings is 2. The quantitative estimate of drug-likeness (QED) is 0.518. The largest absolute Gasteiger partial charge is 0.494 e. The fourth-order valence-corrected chi connectivity index (χ4v) is 3.15. The molecule has 0 bridgehead atoms. The first-order chi connectivity index (χ1) is 14.1. The Morgan fingerprint density at radius 2 is 1.59 bits per heavy atom. The molecule has 150 valence electrons. The molecule has 0 aliphatic rings. The van der Waals surface area contributed by atoms with Gasteiger partial charge >= 0.3 is 5.97 Å². The van der Waals surface area contributed by atoms with Crippen LogP contribution >= 0.6 is 11.3 Å². The summed E-state index contributed by atoms with van der Waals surface area (Å²) in [5, 5.41) is 4.57. The summed E-state index contributed by atoms with van der Waals surface area (Å²) in [5.41, 5.74) is 0.586. The molecule has 1 N–H and O–H groups in total. The second-order valence-electron chi connectivity index (χ2n) is 6.00. The number of esters is 1. The Morgan fingerprint density at radius 3 is 2.21 bits per heavy atom. The van der Waals surface area contributed by atoms with Gasteiger partial charge in [0, 0.05) is 10.6 Å². The number of carbonyl (C=O) groups is 2. The Hall–Kier alpha value is -3.32. The van der Waals surface area contributed by atoms with Crippen molar-refractivity contribution in [3.8, 4) is 17.2 Å². The Morgan fingerprint density at radius 1 is 0.931 bits per heavy atom. The maximum Gasteiger partial charge on any atom is 0.311 e. The topological polar surface area (TPSA) is 73.9 Å². The molecular formula is C22H21NO5S. The van der Waals surface area contributed by atoms with E-state index in [-0.39, 0.29) is 13.0 Å². The van der Waals surface area contributed by atoms with Crippen LogP contribution in [0.4, 0.5) is 5.69 Å². The van der Waals surface area contributed by atoms with Crippen LogP contribution in [0.5, 0.6) is 17.2 Å². The van der Waals surface area contributed by atoms with Crippen molar-refractivity contribution >= 4 is 28.9 Å². The molecule has 1 amide bonds. The summed E-state index contributed by atoms with van der Waals surface area (Å²) in [5.74, 6) is 1.28. The highest BCUT2D eigenvalue weighted by molar-refractivity contribution is 7.10. The monoisotopic (exact) mass is 411 g/mol. The van der Waals surface area contributed by atoms with Crippen LogP contribution in [0.15, 0.2) is 66.0 Å². The minimum absolute atomic E-state index is 0.169. The Balaban J connectivity index is 1.44. The van der Waals surface area contributed by atoms with E-state index in [1.54, 1.807) is 24.3 Å². The molecule has 0 saturated carbocycles. The SMILES string of the molecule is CCOc1ccc(Oc2ccc(NC(=O)COC(=O)Cc3cccs3)cc2)cc1. The summed E-state index contributed by atoms with van der Waals surface area (Å²) in [4.78, 5) is 24.6. The first-order valence-corrected chi connectivity index (χ1v) is 9.99. The van der Waals surface area contributed by atoms with E-state index in [0.717, 1.165) is 10.6 Å². The van der Waals surface area contributed by atoms with Crippen molar-refractivity contribution in [2.24, 2.45) is 0 Å². The molecule has 0 saturated heterocycles. The normalized spacial score (nSPS) is 10.2. The highest BCUT2D eigenvalue weighted by Gasteiger charge is 2.09. The van der Waals surface area contributed by atoms with Gasteiger partial charge in [-0.3, -0.25) is 9.59 Å². The average molecular weight is 411 g/mol. The summed E-state index contributed by atoms with van der Waals surface area (Å²) in [6.07, 6.45) is 0.169. The minimum Gasteiger partial charge on any atom is -0.494 e. The Kier molecular flexibility index (Phi) is 7.24. The van der Waals surface area contributed by atoms with Crippen LogP contribution in [0.3, 0.4) is 0 Å². The molecule has 0 radical (unpaired) electrons. The zero-order valence-corrected chi connectivity index (χ0v) is 16.7. The second kappa shape index (κ2) is 10.3. The van der Waals surface area contributed by atoms with Gasteiger partial charge in [-0.15, -0.1) is 11.3 Å². The van der Waals surface area contributed by atoms with Crippen molar-refractivity contribution in [3.63, 3.8) is 0 Å². The van der Waals surface area contributed by atoms with Gasteiger partial charge in [0.15, 0.2) is 6.61 Å². The molecule has 0 unspecified atom stereocenters. The Bertz CT molecular complexity index is 921. The predicted molar refractivity (Wildman–Crippen MR) is 112 cm³/mol. The maximum atomic E-state index is 12.0. The first-order valence-electron chi connectivity index (χ1n) is 9.11. The molecule has 0 aliphatic heterocycles. The van der Waals surface area contributed by atoms with Crippen LogP contribution in [0.25, 0.3) is 0 Å². The number of anilines is 1. The number of rotatable bonds is 9. The van der Waals surface area contributed by atoms with Gasteiger partial charge in [-0.05, 0) is 66.9 Å². The highest BCUT2D eigenvalue weighted by Crippen LogP contribution is 2.25. The zero-order valence-electron chi connectivity index (χ0n) is 15.9. The Labute approximate surface area is 173 Å². The first kappa shape index (κ1) is 20.4. The number of amides is 1. The number of nitrogens with one attached hydrogen (secondary N) is 1. The third kappa shape index (κ3) is 6.65. The van der Waals surface area contributed by atoms with Gasteiger partial charge < -0.3 is 19.5 Å². The molecule has 1 heterocycles. The maximum absolute atomic E-state index is 12.0. The van der Waals surface area contributed by atoms with Crippen molar-refractivity contribution < 1.29 is 23.8 Å². The summed E-state index contributed by atoms with van der Waals surface area (Å²) < 4.78 is 16.2. The van der Waals surface area contributed by atoms with Gasteiger partial charge in [0.05, 0.1) is 13.0 Å². The molecule has 2 aromatic carbocycles. The molecule has 3 rings (SSSR count). The standard InChI is InChI=1S/C22H21NO5S/c1-2-26-17-9-11-19(12-10-17)28-18-7-5-16(6-8-18)23-21(24)15-27-22(25)14-20-4-3-13-29-20/h3-13H,2,14-15H2,1H3,(H,23,24). The van der Waals surface area contributed by atoms with Crippen LogP contribution < -0.4 is 14.8 Å². The van der Waals surface area contributed by atoms with Crippen LogP contribution in [0, 0.1) is 0 Å². The van der Waals surface area contributed by atoms with Gasteiger partial charge in [-0.25, -0.2) is 0 Å². The van der Waals surface area contributed by atoms with Gasteiger partial charge in [0.1, 0.15) is 17.2 Å². The van der Waals surface area contributed by atoms with Crippen molar-refractivity contribution in [2.75, 3.05) is 18.5 Å². The van der Waals surface area contributed by atoms with E-state index in [2.05, 4.69) is 5.32 Å². The van der Waals surface area contributed by atoms with Crippen LogP contribution in [-0.2, 0) is 20.7 Å². The number of thiophene rings is 1. The lowest BCUT2D eigenvalue weighted by molar-refractivity contribution is -0.146. The van der Waals surface area contributed by atoms with Crippen LogP contribution in [-0.4, -0.2) is 25.1 Å². The summed E-state index contributed by atoms with van der Waals surface area (Å²) >= 11 is 1.47. The van der Waals surface area contributed by atoms with Crippen molar-refractivity contribution in [1.29, 1.82) is 0 Å². The van der Waals surface area contributed by atoms with Crippen molar-refractivity contribution in [3.05, 3.63) is 70.9 Å². The van der Waals surface area contributed by atoms with Gasteiger partial charge in [0.2, 0.25) is 0 Å². The fourth-order valence-electron chi connectivity index (χ4n) is 2.46. The minimum atomic E-state index is -0.429. The molecule has 29 heavy (non-hydrogen) atoms. The van der Waals surface area contributed by atoms with E-state index >= 15 is 0 Å². The van der Waals surface area contributed by atoms with Crippen molar-refractivity contribution in [1.82, 2.24) is 0 Å². The molecule has 0 spiro atoms. The van der Waals surface area contributed by atoms with E-state index in [1.807, 2.05) is 48.7 Å². The number of carbonyl (C=O) groups excluding carboxylic acids is 2. The molecule has 0 atom stereocenters. The smallest absolute Gasteiger partial charge is 0.311 e. The van der Waals surface area contributed by atoms with Gasteiger partial charge in [-0.1, -0.05) is 6.07 Å².